The van der Waals surface area contributed by atoms with Crippen LogP contribution in [0.1, 0.15) is 12.5 Å². The van der Waals surface area contributed by atoms with Gasteiger partial charge in [-0.1, -0.05) is 12.1 Å². The highest BCUT2D eigenvalue weighted by Gasteiger charge is 2.20. The third kappa shape index (κ3) is 4.31. The van der Waals surface area contributed by atoms with Crippen LogP contribution < -0.4 is 10.6 Å². The van der Waals surface area contributed by atoms with E-state index in [4.69, 9.17) is 9.47 Å². The topological polar surface area (TPSA) is 59.6 Å². The molecule has 1 aromatic rings. The summed E-state index contributed by atoms with van der Waals surface area (Å²) >= 11 is 0. The molecule has 104 valence electrons. The van der Waals surface area contributed by atoms with Gasteiger partial charge >= 0.3 is 0 Å². The molecule has 5 heteroatoms. The Morgan fingerprint density at radius 1 is 1.58 bits per heavy atom. The summed E-state index contributed by atoms with van der Waals surface area (Å²) < 4.78 is 10.6. The number of morpholine rings is 1. The molecule has 2 N–H and O–H groups in total. The van der Waals surface area contributed by atoms with E-state index >= 15 is 0 Å². The second kappa shape index (κ2) is 7.23. The summed E-state index contributed by atoms with van der Waals surface area (Å²) in [5, 5.41) is 6.02. The number of amides is 1. The Morgan fingerprint density at radius 3 is 3.21 bits per heavy atom. The zero-order valence-corrected chi connectivity index (χ0v) is 11.1. The average Bonchev–Trinajstić information content (AvgIpc) is 2.46. The van der Waals surface area contributed by atoms with Gasteiger partial charge in [0, 0.05) is 18.8 Å². The number of carbonyl (C=O) groups is 1. The molecule has 1 aliphatic rings. The van der Waals surface area contributed by atoms with Crippen LogP contribution in [0.3, 0.4) is 0 Å². The second-order valence-electron chi connectivity index (χ2n) is 4.41. The highest BCUT2D eigenvalue weighted by atomic mass is 16.5. The molecule has 0 saturated carbocycles. The Morgan fingerprint density at radius 2 is 2.47 bits per heavy atom. The van der Waals surface area contributed by atoms with E-state index in [1.165, 1.54) is 0 Å². The minimum absolute atomic E-state index is 0.0618. The van der Waals surface area contributed by atoms with Crippen LogP contribution in [-0.4, -0.2) is 38.3 Å². The molecule has 0 bridgehead atoms. The quantitative estimate of drug-likeness (QED) is 0.837. The lowest BCUT2D eigenvalue weighted by Crippen LogP contribution is -2.48. The maximum atomic E-state index is 12.0. The van der Waals surface area contributed by atoms with Crippen molar-refractivity contribution in [2.24, 2.45) is 0 Å². The summed E-state index contributed by atoms with van der Waals surface area (Å²) in [7, 11) is 0. The SMILES string of the molecule is CCOCc1cccc(NC(=O)C2COCCN2)c1. The summed E-state index contributed by atoms with van der Waals surface area (Å²) in [6.07, 6.45) is 0. The predicted octanol–water partition coefficient (Wildman–Crippen LogP) is 1.15. The summed E-state index contributed by atoms with van der Waals surface area (Å²) in [4.78, 5) is 12.0. The summed E-state index contributed by atoms with van der Waals surface area (Å²) in [6, 6.07) is 7.42. The van der Waals surface area contributed by atoms with Gasteiger partial charge < -0.3 is 20.1 Å². The van der Waals surface area contributed by atoms with E-state index in [1.807, 2.05) is 31.2 Å². The van der Waals surface area contributed by atoms with Gasteiger partial charge in [-0.3, -0.25) is 4.79 Å². The fourth-order valence-corrected chi connectivity index (χ4v) is 1.92. The lowest BCUT2D eigenvalue weighted by atomic mass is 10.2. The minimum atomic E-state index is -0.274. The lowest BCUT2D eigenvalue weighted by Gasteiger charge is -2.23. The van der Waals surface area contributed by atoms with Crippen LogP contribution >= 0.6 is 0 Å². The second-order valence-corrected chi connectivity index (χ2v) is 4.41. The van der Waals surface area contributed by atoms with E-state index < -0.39 is 0 Å². The van der Waals surface area contributed by atoms with E-state index in [-0.39, 0.29) is 11.9 Å². The molecule has 1 aliphatic heterocycles. The number of carbonyl (C=O) groups excluding carboxylic acids is 1. The van der Waals surface area contributed by atoms with Crippen LogP contribution in [0.4, 0.5) is 5.69 Å². The average molecular weight is 264 g/mol. The fraction of sp³-hybridized carbons (Fsp3) is 0.500. The molecule has 1 saturated heterocycles. The first kappa shape index (κ1) is 14.0. The van der Waals surface area contributed by atoms with E-state index in [0.717, 1.165) is 11.3 Å². The van der Waals surface area contributed by atoms with Gasteiger partial charge in [-0.15, -0.1) is 0 Å². The molecular weight excluding hydrogens is 244 g/mol. The van der Waals surface area contributed by atoms with Gasteiger partial charge in [0.2, 0.25) is 5.91 Å². The molecule has 1 heterocycles. The highest BCUT2D eigenvalue weighted by Crippen LogP contribution is 2.12. The number of anilines is 1. The normalized spacial score (nSPS) is 19.1. The predicted molar refractivity (Wildman–Crippen MR) is 73.0 cm³/mol. The Labute approximate surface area is 113 Å². The van der Waals surface area contributed by atoms with Gasteiger partial charge in [0.1, 0.15) is 6.04 Å². The van der Waals surface area contributed by atoms with Crippen molar-refractivity contribution in [1.29, 1.82) is 0 Å². The van der Waals surface area contributed by atoms with E-state index in [0.29, 0.717) is 33.0 Å². The molecule has 0 spiro atoms. The van der Waals surface area contributed by atoms with Gasteiger partial charge in [-0.2, -0.15) is 0 Å². The largest absolute Gasteiger partial charge is 0.378 e. The number of hydrogen-bond acceptors (Lipinski definition) is 4. The molecule has 19 heavy (non-hydrogen) atoms. The third-order valence-corrected chi connectivity index (χ3v) is 2.91. The van der Waals surface area contributed by atoms with Crippen LogP contribution in [0.2, 0.25) is 0 Å². The minimum Gasteiger partial charge on any atom is -0.378 e. The zero-order valence-electron chi connectivity index (χ0n) is 11.1. The molecule has 5 nitrogen and oxygen atoms in total. The number of rotatable bonds is 5. The summed E-state index contributed by atoms with van der Waals surface area (Å²) in [6.45, 7) is 4.99. The first-order valence-electron chi connectivity index (χ1n) is 6.58. The standard InChI is InChI=1S/C14H20N2O3/c1-2-18-9-11-4-3-5-12(8-11)16-14(17)13-10-19-7-6-15-13/h3-5,8,13,15H,2,6-7,9-10H2,1H3,(H,16,17). The van der Waals surface area contributed by atoms with Gasteiger partial charge in [0.05, 0.1) is 19.8 Å². The molecule has 2 rings (SSSR count). The molecule has 1 unspecified atom stereocenters. The third-order valence-electron chi connectivity index (χ3n) is 2.91. The molecular formula is C14H20N2O3. The van der Waals surface area contributed by atoms with Crippen LogP contribution in [0.5, 0.6) is 0 Å². The molecule has 1 amide bonds. The Hall–Kier alpha value is -1.43. The number of benzene rings is 1. The van der Waals surface area contributed by atoms with E-state index in [1.54, 1.807) is 0 Å². The Bertz CT molecular complexity index is 417. The molecule has 1 fully saturated rings. The van der Waals surface area contributed by atoms with Crippen LogP contribution in [-0.2, 0) is 20.9 Å². The smallest absolute Gasteiger partial charge is 0.243 e. The fourth-order valence-electron chi connectivity index (χ4n) is 1.92. The van der Waals surface area contributed by atoms with Crippen molar-refractivity contribution >= 4 is 11.6 Å². The maximum Gasteiger partial charge on any atom is 0.243 e. The molecule has 0 aliphatic carbocycles. The Balaban J connectivity index is 1.92. The molecule has 1 atom stereocenters. The molecule has 1 aromatic carbocycles. The van der Waals surface area contributed by atoms with Crippen LogP contribution in [0.25, 0.3) is 0 Å². The van der Waals surface area contributed by atoms with E-state index in [2.05, 4.69) is 10.6 Å². The number of hydrogen-bond donors (Lipinski definition) is 2. The molecule has 0 radical (unpaired) electrons. The highest BCUT2D eigenvalue weighted by molar-refractivity contribution is 5.95. The van der Waals surface area contributed by atoms with Crippen molar-refractivity contribution in [3.63, 3.8) is 0 Å². The number of nitrogens with one attached hydrogen (secondary N) is 2. The van der Waals surface area contributed by atoms with Crippen LogP contribution in [0.15, 0.2) is 24.3 Å². The first-order valence-corrected chi connectivity index (χ1v) is 6.58. The lowest BCUT2D eigenvalue weighted by molar-refractivity contribution is -0.120. The first-order chi connectivity index (χ1) is 9.29. The number of ether oxygens (including phenoxy) is 2. The summed E-state index contributed by atoms with van der Waals surface area (Å²) in [5.74, 6) is -0.0618. The zero-order chi connectivity index (χ0) is 13.5. The van der Waals surface area contributed by atoms with Crippen molar-refractivity contribution in [2.45, 2.75) is 19.6 Å². The van der Waals surface area contributed by atoms with E-state index in [9.17, 15) is 4.79 Å². The van der Waals surface area contributed by atoms with Gasteiger partial charge in [-0.25, -0.2) is 0 Å². The van der Waals surface area contributed by atoms with Gasteiger partial charge in [-0.05, 0) is 24.6 Å². The summed E-state index contributed by atoms with van der Waals surface area (Å²) in [5.41, 5.74) is 1.84. The van der Waals surface area contributed by atoms with Crippen molar-refractivity contribution in [3.8, 4) is 0 Å². The monoisotopic (exact) mass is 264 g/mol. The molecule has 0 aromatic heterocycles. The van der Waals surface area contributed by atoms with Crippen LogP contribution in [0, 0.1) is 0 Å². The maximum absolute atomic E-state index is 12.0. The van der Waals surface area contributed by atoms with Gasteiger partial charge in [0.25, 0.3) is 0 Å². The van der Waals surface area contributed by atoms with Crippen molar-refractivity contribution < 1.29 is 14.3 Å². The Kier molecular flexibility index (Phi) is 5.32. The van der Waals surface area contributed by atoms with Crippen molar-refractivity contribution in [2.75, 3.05) is 31.7 Å². The van der Waals surface area contributed by atoms with Crippen molar-refractivity contribution in [3.05, 3.63) is 29.8 Å². The van der Waals surface area contributed by atoms with Crippen molar-refractivity contribution in [1.82, 2.24) is 5.32 Å². The van der Waals surface area contributed by atoms with Gasteiger partial charge in [0.15, 0.2) is 0 Å².